The van der Waals surface area contributed by atoms with Crippen molar-refractivity contribution in [3.63, 3.8) is 0 Å². The van der Waals surface area contributed by atoms with Crippen LogP contribution >= 0.6 is 11.3 Å². The molecule has 0 fully saturated rings. The van der Waals surface area contributed by atoms with Crippen molar-refractivity contribution < 1.29 is 9.84 Å². The number of benzene rings is 2. The zero-order chi connectivity index (χ0) is 13.8. The van der Waals surface area contributed by atoms with Gasteiger partial charge in [0.2, 0.25) is 0 Å². The van der Waals surface area contributed by atoms with E-state index in [1.54, 1.807) is 11.3 Å². The molecule has 0 aliphatic rings. The van der Waals surface area contributed by atoms with Gasteiger partial charge in [-0.15, -0.1) is 0 Å². The fourth-order valence-electron chi connectivity index (χ4n) is 1.97. The van der Waals surface area contributed by atoms with Crippen LogP contribution in [0.1, 0.15) is 17.2 Å². The van der Waals surface area contributed by atoms with Gasteiger partial charge >= 0.3 is 0 Å². The molecule has 0 bridgehead atoms. The van der Waals surface area contributed by atoms with Crippen molar-refractivity contribution in [1.82, 2.24) is 0 Å². The summed E-state index contributed by atoms with van der Waals surface area (Å²) in [5, 5.41) is 14.1. The van der Waals surface area contributed by atoms with Crippen LogP contribution in [0.2, 0.25) is 0 Å². The Bertz CT molecular complexity index is 645. The van der Waals surface area contributed by atoms with E-state index in [9.17, 15) is 5.11 Å². The average Bonchev–Trinajstić information content (AvgIpc) is 3.03. The van der Waals surface area contributed by atoms with E-state index < -0.39 is 6.10 Å². The molecular formula is C17H14O2S. The Hall–Kier alpha value is -2.10. The fourth-order valence-corrected chi connectivity index (χ4v) is 2.64. The number of aliphatic hydroxyl groups excluding tert-OH is 1. The predicted molar refractivity (Wildman–Crippen MR) is 81.3 cm³/mol. The lowest BCUT2D eigenvalue weighted by Crippen LogP contribution is -1.97. The van der Waals surface area contributed by atoms with Gasteiger partial charge in [0.15, 0.2) is 0 Å². The molecule has 0 saturated heterocycles. The van der Waals surface area contributed by atoms with Crippen molar-refractivity contribution in [3.05, 3.63) is 82.6 Å². The van der Waals surface area contributed by atoms with E-state index in [2.05, 4.69) is 0 Å². The van der Waals surface area contributed by atoms with Crippen LogP contribution < -0.4 is 4.74 Å². The minimum atomic E-state index is -0.577. The van der Waals surface area contributed by atoms with Crippen LogP contribution in [-0.4, -0.2) is 5.11 Å². The molecule has 1 N–H and O–H groups in total. The number of aliphatic hydroxyl groups is 1. The lowest BCUT2D eigenvalue weighted by molar-refractivity contribution is 0.221. The first-order chi connectivity index (χ1) is 9.83. The Morgan fingerprint density at radius 3 is 2.15 bits per heavy atom. The minimum absolute atomic E-state index is 0.577. The van der Waals surface area contributed by atoms with E-state index in [4.69, 9.17) is 4.74 Å². The van der Waals surface area contributed by atoms with E-state index in [-0.39, 0.29) is 0 Å². The molecule has 20 heavy (non-hydrogen) atoms. The van der Waals surface area contributed by atoms with Crippen LogP contribution in [0.25, 0.3) is 0 Å². The van der Waals surface area contributed by atoms with Crippen molar-refractivity contribution in [2.75, 3.05) is 0 Å². The molecule has 0 aliphatic heterocycles. The van der Waals surface area contributed by atoms with Gasteiger partial charge in [0.05, 0.1) is 0 Å². The molecule has 3 rings (SSSR count). The summed E-state index contributed by atoms with van der Waals surface area (Å²) in [4.78, 5) is 0. The van der Waals surface area contributed by atoms with E-state index in [0.717, 1.165) is 22.6 Å². The van der Waals surface area contributed by atoms with Crippen LogP contribution in [0, 0.1) is 0 Å². The molecule has 1 heterocycles. The first kappa shape index (κ1) is 12.9. The third-order valence-electron chi connectivity index (χ3n) is 3.03. The molecule has 3 aromatic rings. The summed E-state index contributed by atoms with van der Waals surface area (Å²) in [6.07, 6.45) is -0.577. The highest BCUT2D eigenvalue weighted by molar-refractivity contribution is 7.07. The highest BCUT2D eigenvalue weighted by Crippen LogP contribution is 2.27. The third-order valence-corrected chi connectivity index (χ3v) is 3.74. The molecule has 0 aliphatic carbocycles. The van der Waals surface area contributed by atoms with E-state index in [0.29, 0.717) is 0 Å². The molecule has 1 atom stereocenters. The first-order valence-electron chi connectivity index (χ1n) is 6.36. The SMILES string of the molecule is OC(c1ccc(Oc2ccccc2)cc1)c1ccsc1. The largest absolute Gasteiger partial charge is 0.457 e. The van der Waals surface area contributed by atoms with Gasteiger partial charge in [0.25, 0.3) is 0 Å². The Labute approximate surface area is 121 Å². The summed E-state index contributed by atoms with van der Waals surface area (Å²) in [5.74, 6) is 1.57. The maximum Gasteiger partial charge on any atom is 0.127 e. The number of rotatable bonds is 4. The van der Waals surface area contributed by atoms with Crippen LogP contribution in [0.3, 0.4) is 0 Å². The average molecular weight is 282 g/mol. The van der Waals surface area contributed by atoms with Crippen molar-refractivity contribution in [3.8, 4) is 11.5 Å². The van der Waals surface area contributed by atoms with Crippen molar-refractivity contribution in [2.45, 2.75) is 6.10 Å². The van der Waals surface area contributed by atoms with Gasteiger partial charge in [-0.05, 0) is 52.2 Å². The molecule has 0 radical (unpaired) electrons. The van der Waals surface area contributed by atoms with E-state index in [1.165, 1.54) is 0 Å². The topological polar surface area (TPSA) is 29.5 Å². The summed E-state index contributed by atoms with van der Waals surface area (Å²) in [6, 6.07) is 19.1. The highest BCUT2D eigenvalue weighted by Gasteiger charge is 2.10. The molecule has 0 amide bonds. The second-order valence-electron chi connectivity index (χ2n) is 4.44. The number of hydrogen-bond donors (Lipinski definition) is 1. The molecule has 0 saturated carbocycles. The lowest BCUT2D eigenvalue weighted by Gasteiger charge is -2.11. The second-order valence-corrected chi connectivity index (χ2v) is 5.22. The van der Waals surface area contributed by atoms with Crippen LogP contribution in [0.15, 0.2) is 71.4 Å². The molecule has 2 nitrogen and oxygen atoms in total. The van der Waals surface area contributed by atoms with Gasteiger partial charge in [-0.3, -0.25) is 0 Å². The Balaban J connectivity index is 1.75. The standard InChI is InChI=1S/C17H14O2S/c18-17(14-10-11-20-12-14)13-6-8-16(9-7-13)19-15-4-2-1-3-5-15/h1-12,17-18H. The molecule has 2 aromatic carbocycles. The molecule has 1 unspecified atom stereocenters. The van der Waals surface area contributed by atoms with Crippen molar-refractivity contribution in [1.29, 1.82) is 0 Å². The summed E-state index contributed by atoms with van der Waals surface area (Å²) < 4.78 is 5.72. The lowest BCUT2D eigenvalue weighted by atomic mass is 10.0. The predicted octanol–water partition coefficient (Wildman–Crippen LogP) is 4.62. The number of ether oxygens (including phenoxy) is 1. The van der Waals surface area contributed by atoms with Gasteiger partial charge in [-0.2, -0.15) is 11.3 Å². The quantitative estimate of drug-likeness (QED) is 0.756. The molecular weight excluding hydrogens is 268 g/mol. The molecule has 0 spiro atoms. The van der Waals surface area contributed by atoms with Gasteiger partial charge < -0.3 is 9.84 Å². The minimum Gasteiger partial charge on any atom is -0.457 e. The Morgan fingerprint density at radius 2 is 1.50 bits per heavy atom. The fraction of sp³-hybridized carbons (Fsp3) is 0.0588. The number of para-hydroxylation sites is 1. The normalized spacial score (nSPS) is 12.1. The van der Waals surface area contributed by atoms with Crippen LogP contribution in [0.5, 0.6) is 11.5 Å². The summed E-state index contributed by atoms with van der Waals surface area (Å²) in [7, 11) is 0. The van der Waals surface area contributed by atoms with E-state index in [1.807, 2.05) is 71.4 Å². The number of hydrogen-bond acceptors (Lipinski definition) is 3. The molecule has 1 aromatic heterocycles. The van der Waals surface area contributed by atoms with Crippen LogP contribution in [-0.2, 0) is 0 Å². The Kier molecular flexibility index (Phi) is 3.81. The maximum atomic E-state index is 10.2. The van der Waals surface area contributed by atoms with Crippen molar-refractivity contribution in [2.24, 2.45) is 0 Å². The van der Waals surface area contributed by atoms with Gasteiger partial charge in [0.1, 0.15) is 17.6 Å². The second kappa shape index (κ2) is 5.90. The summed E-state index contributed by atoms with van der Waals surface area (Å²) in [6.45, 7) is 0. The smallest absolute Gasteiger partial charge is 0.127 e. The first-order valence-corrected chi connectivity index (χ1v) is 7.30. The van der Waals surface area contributed by atoms with Gasteiger partial charge in [-0.1, -0.05) is 30.3 Å². The maximum absolute atomic E-state index is 10.2. The third kappa shape index (κ3) is 2.90. The molecule has 100 valence electrons. The van der Waals surface area contributed by atoms with E-state index >= 15 is 0 Å². The zero-order valence-corrected chi connectivity index (χ0v) is 11.6. The summed E-state index contributed by atoms with van der Waals surface area (Å²) in [5.41, 5.74) is 1.79. The highest BCUT2D eigenvalue weighted by atomic mass is 32.1. The van der Waals surface area contributed by atoms with Gasteiger partial charge in [0, 0.05) is 0 Å². The van der Waals surface area contributed by atoms with Crippen LogP contribution in [0.4, 0.5) is 0 Å². The summed E-state index contributed by atoms with van der Waals surface area (Å²) >= 11 is 1.58. The van der Waals surface area contributed by atoms with Crippen molar-refractivity contribution >= 4 is 11.3 Å². The zero-order valence-electron chi connectivity index (χ0n) is 10.8. The Morgan fingerprint density at radius 1 is 0.800 bits per heavy atom. The monoisotopic (exact) mass is 282 g/mol. The van der Waals surface area contributed by atoms with Gasteiger partial charge in [-0.25, -0.2) is 0 Å². The molecule has 3 heteroatoms. The number of thiophene rings is 1.